The van der Waals surface area contributed by atoms with Crippen molar-refractivity contribution in [2.45, 2.75) is 30.3 Å². The number of carbonyl (C=O) groups excluding carboxylic acids is 1. The SMILES string of the molecule is O=C1NC2C(O)C(O)C(O)C(C(=O)O)C2c2cc3c(cc21)OCO3. The largest absolute Gasteiger partial charge is 0.481 e. The number of aliphatic hydroxyl groups excluding tert-OH is 3. The predicted molar refractivity (Wildman–Crippen MR) is 75.7 cm³/mol. The summed E-state index contributed by atoms with van der Waals surface area (Å²) in [4.78, 5) is 24.0. The van der Waals surface area contributed by atoms with E-state index in [-0.39, 0.29) is 12.4 Å². The number of benzene rings is 1. The summed E-state index contributed by atoms with van der Waals surface area (Å²) in [7, 11) is 0. The molecule has 1 aromatic rings. The third-order valence-electron chi connectivity index (χ3n) is 4.94. The van der Waals surface area contributed by atoms with Crippen molar-refractivity contribution in [3.05, 3.63) is 23.3 Å². The van der Waals surface area contributed by atoms with Gasteiger partial charge in [-0.15, -0.1) is 0 Å². The summed E-state index contributed by atoms with van der Waals surface area (Å²) in [6, 6.07) is 1.91. The minimum atomic E-state index is -1.68. The zero-order valence-electron chi connectivity index (χ0n) is 12.2. The van der Waals surface area contributed by atoms with Gasteiger partial charge in [-0.1, -0.05) is 0 Å². The lowest BCUT2D eigenvalue weighted by atomic mass is 9.66. The Kier molecular flexibility index (Phi) is 3.21. The van der Waals surface area contributed by atoms with Crippen molar-refractivity contribution >= 4 is 11.9 Å². The maximum absolute atomic E-state index is 12.3. The fourth-order valence-corrected chi connectivity index (χ4v) is 3.80. The van der Waals surface area contributed by atoms with Gasteiger partial charge >= 0.3 is 5.97 Å². The van der Waals surface area contributed by atoms with Gasteiger partial charge in [0.2, 0.25) is 6.79 Å². The Bertz CT molecular complexity index is 734. The number of ether oxygens (including phenoxy) is 2. The molecule has 4 rings (SSSR count). The van der Waals surface area contributed by atoms with Crippen molar-refractivity contribution in [1.82, 2.24) is 5.32 Å². The number of carboxylic acid groups (broad SMARTS) is 1. The molecule has 1 aromatic carbocycles. The highest BCUT2D eigenvalue weighted by atomic mass is 16.7. The van der Waals surface area contributed by atoms with Crippen LogP contribution in [0.25, 0.3) is 0 Å². The average Bonchev–Trinajstić information content (AvgIpc) is 3.00. The van der Waals surface area contributed by atoms with E-state index in [2.05, 4.69) is 5.32 Å². The highest BCUT2D eigenvalue weighted by Crippen LogP contribution is 2.46. The number of aliphatic hydroxyl groups is 3. The van der Waals surface area contributed by atoms with E-state index >= 15 is 0 Å². The van der Waals surface area contributed by atoms with Crippen LogP contribution >= 0.6 is 0 Å². The number of nitrogens with one attached hydrogen (secondary N) is 1. The van der Waals surface area contributed by atoms with Crippen molar-refractivity contribution in [2.24, 2.45) is 5.92 Å². The molecule has 2 aliphatic heterocycles. The number of fused-ring (bicyclic) bond motifs is 4. The normalized spacial score (nSPS) is 36.5. The van der Waals surface area contributed by atoms with Gasteiger partial charge in [0, 0.05) is 11.5 Å². The molecule has 6 atom stereocenters. The molecule has 1 aliphatic carbocycles. The first-order valence-corrected chi connectivity index (χ1v) is 7.41. The van der Waals surface area contributed by atoms with Crippen molar-refractivity contribution in [3.8, 4) is 11.5 Å². The van der Waals surface area contributed by atoms with Crippen LogP contribution in [0, 0.1) is 5.92 Å². The molecule has 0 spiro atoms. The van der Waals surface area contributed by atoms with Crippen LogP contribution in [-0.4, -0.2) is 63.4 Å². The molecule has 5 N–H and O–H groups in total. The van der Waals surface area contributed by atoms with Crippen molar-refractivity contribution in [2.75, 3.05) is 6.79 Å². The number of carboxylic acids is 1. The number of carbonyl (C=O) groups is 2. The maximum Gasteiger partial charge on any atom is 0.309 e. The van der Waals surface area contributed by atoms with Gasteiger partial charge in [0.05, 0.1) is 18.1 Å². The van der Waals surface area contributed by atoms with Crippen molar-refractivity contribution in [1.29, 1.82) is 0 Å². The Balaban J connectivity index is 1.90. The minimum absolute atomic E-state index is 0.0136. The molecule has 1 amide bonds. The first-order chi connectivity index (χ1) is 11.4. The van der Waals surface area contributed by atoms with E-state index < -0.39 is 48.1 Å². The van der Waals surface area contributed by atoms with Gasteiger partial charge in [0.1, 0.15) is 12.2 Å². The first kappa shape index (κ1) is 15.2. The molecule has 0 aromatic heterocycles. The van der Waals surface area contributed by atoms with E-state index in [0.717, 1.165) is 0 Å². The number of rotatable bonds is 1. The Morgan fingerprint density at radius 2 is 1.75 bits per heavy atom. The Morgan fingerprint density at radius 1 is 1.08 bits per heavy atom. The first-order valence-electron chi connectivity index (χ1n) is 7.41. The third-order valence-corrected chi connectivity index (χ3v) is 4.94. The fourth-order valence-electron chi connectivity index (χ4n) is 3.80. The standard InChI is InChI=1S/C15H15NO8/c17-11-9(15(21)22)8-4-1-6-7(24-3-23-6)2-5(4)14(20)16-10(8)12(18)13(11)19/h1-2,8-13,17-19H,3H2,(H,16,20)(H,21,22). The van der Waals surface area contributed by atoms with Gasteiger partial charge in [-0.25, -0.2) is 0 Å². The molecule has 128 valence electrons. The molecular weight excluding hydrogens is 322 g/mol. The van der Waals surface area contributed by atoms with Crippen LogP contribution in [0.15, 0.2) is 12.1 Å². The predicted octanol–water partition coefficient (Wildman–Crippen LogP) is -1.59. The van der Waals surface area contributed by atoms with E-state index in [1.807, 2.05) is 0 Å². The molecule has 6 unspecified atom stereocenters. The molecular formula is C15H15NO8. The Hall–Kier alpha value is -2.36. The van der Waals surface area contributed by atoms with Crippen molar-refractivity contribution in [3.63, 3.8) is 0 Å². The van der Waals surface area contributed by atoms with Crippen LogP contribution in [0.4, 0.5) is 0 Å². The lowest BCUT2D eigenvalue weighted by molar-refractivity contribution is -0.167. The third kappa shape index (κ3) is 1.92. The summed E-state index contributed by atoms with van der Waals surface area (Å²) in [6.07, 6.45) is -4.85. The molecule has 0 radical (unpaired) electrons. The van der Waals surface area contributed by atoms with Gasteiger partial charge in [-0.05, 0) is 17.7 Å². The molecule has 0 saturated heterocycles. The summed E-state index contributed by atoms with van der Waals surface area (Å²) in [5.41, 5.74) is 0.535. The highest BCUT2D eigenvalue weighted by Gasteiger charge is 2.55. The minimum Gasteiger partial charge on any atom is -0.481 e. The molecule has 9 nitrogen and oxygen atoms in total. The van der Waals surface area contributed by atoms with E-state index in [9.17, 15) is 30.0 Å². The number of amides is 1. The molecule has 0 bridgehead atoms. The zero-order valence-corrected chi connectivity index (χ0v) is 12.2. The average molecular weight is 337 g/mol. The van der Waals surface area contributed by atoms with Crippen LogP contribution in [0.2, 0.25) is 0 Å². The lowest BCUT2D eigenvalue weighted by Gasteiger charge is -2.47. The van der Waals surface area contributed by atoms with Crippen molar-refractivity contribution < 1.29 is 39.5 Å². The van der Waals surface area contributed by atoms with E-state index in [1.165, 1.54) is 12.1 Å². The van der Waals surface area contributed by atoms with Gasteiger partial charge in [0.25, 0.3) is 5.91 Å². The van der Waals surface area contributed by atoms with Gasteiger partial charge in [-0.3, -0.25) is 9.59 Å². The second-order valence-corrected chi connectivity index (χ2v) is 6.15. The van der Waals surface area contributed by atoms with Gasteiger partial charge < -0.3 is 35.2 Å². The molecule has 3 aliphatic rings. The Morgan fingerprint density at radius 3 is 2.42 bits per heavy atom. The summed E-state index contributed by atoms with van der Waals surface area (Å²) in [5, 5.41) is 42.3. The topological polar surface area (TPSA) is 146 Å². The summed E-state index contributed by atoms with van der Waals surface area (Å²) < 4.78 is 10.5. The second-order valence-electron chi connectivity index (χ2n) is 6.15. The zero-order chi connectivity index (χ0) is 17.2. The van der Waals surface area contributed by atoms with Crippen LogP contribution in [0.5, 0.6) is 11.5 Å². The molecule has 24 heavy (non-hydrogen) atoms. The van der Waals surface area contributed by atoms with Gasteiger partial charge in [-0.2, -0.15) is 0 Å². The number of hydrogen-bond donors (Lipinski definition) is 5. The summed E-state index contributed by atoms with van der Waals surface area (Å²) in [6.45, 7) is -0.0136. The van der Waals surface area contributed by atoms with Crippen LogP contribution in [-0.2, 0) is 4.79 Å². The Labute approximate surface area is 135 Å². The van der Waals surface area contributed by atoms with Crippen LogP contribution in [0.3, 0.4) is 0 Å². The van der Waals surface area contributed by atoms with Crippen LogP contribution in [0.1, 0.15) is 21.8 Å². The quantitative estimate of drug-likeness (QED) is 0.412. The molecule has 9 heteroatoms. The molecule has 1 fully saturated rings. The van der Waals surface area contributed by atoms with Gasteiger partial charge in [0.15, 0.2) is 11.5 Å². The smallest absolute Gasteiger partial charge is 0.309 e. The summed E-state index contributed by atoms with van der Waals surface area (Å²) >= 11 is 0. The highest BCUT2D eigenvalue weighted by molar-refractivity contribution is 5.99. The monoisotopic (exact) mass is 337 g/mol. The van der Waals surface area contributed by atoms with Crippen LogP contribution < -0.4 is 14.8 Å². The van der Waals surface area contributed by atoms with E-state index in [4.69, 9.17) is 9.47 Å². The van der Waals surface area contributed by atoms with E-state index in [1.54, 1.807) is 0 Å². The lowest BCUT2D eigenvalue weighted by Crippen LogP contribution is -2.65. The molecule has 2 heterocycles. The molecule has 1 saturated carbocycles. The summed E-state index contributed by atoms with van der Waals surface area (Å²) in [5.74, 6) is -3.43. The number of aliphatic carboxylic acids is 1. The fraction of sp³-hybridized carbons (Fsp3) is 0.467. The maximum atomic E-state index is 12.3. The van der Waals surface area contributed by atoms with E-state index in [0.29, 0.717) is 17.1 Å². The second kappa shape index (κ2) is 5.07. The number of hydrogen-bond acceptors (Lipinski definition) is 7.